The first-order valence-corrected chi connectivity index (χ1v) is 35.6. The number of amides is 1. The van der Waals surface area contributed by atoms with Crippen LogP contribution in [0, 0.1) is 0 Å². The molecule has 0 aromatic heterocycles. The minimum atomic E-state index is -4.61. The topological polar surface area (TPSA) is 108 Å². The molecule has 9 heteroatoms. The number of likely N-dealkylation sites (N-methyl/N-ethyl adjacent to an activating group) is 1. The quantitative estimate of drug-likeness (QED) is 0.0272. The maximum absolute atomic E-state index is 13.0. The van der Waals surface area contributed by atoms with E-state index in [9.17, 15) is 19.4 Å². The summed E-state index contributed by atoms with van der Waals surface area (Å²) in [6, 6.07) is -0.907. The van der Waals surface area contributed by atoms with Gasteiger partial charge in [-0.15, -0.1) is 0 Å². The van der Waals surface area contributed by atoms with Gasteiger partial charge < -0.3 is 28.8 Å². The first-order chi connectivity index (χ1) is 38.5. The van der Waals surface area contributed by atoms with E-state index in [2.05, 4.69) is 67.8 Å². The van der Waals surface area contributed by atoms with E-state index in [0.717, 1.165) is 51.4 Å². The Labute approximate surface area is 492 Å². The monoisotopic (exact) mass is 1130 g/mol. The first kappa shape index (κ1) is 77.2. The summed E-state index contributed by atoms with van der Waals surface area (Å²) >= 11 is 0. The summed E-state index contributed by atoms with van der Waals surface area (Å²) in [5, 5.41) is 13.9. The van der Waals surface area contributed by atoms with Crippen LogP contribution in [0.1, 0.15) is 328 Å². The molecule has 0 saturated heterocycles. The second-order valence-corrected chi connectivity index (χ2v) is 25.9. The first-order valence-electron chi connectivity index (χ1n) is 34.2. The number of rotatable bonds is 63. The van der Waals surface area contributed by atoms with Crippen molar-refractivity contribution in [3.05, 3.63) is 60.8 Å². The number of hydrogen-bond donors (Lipinski definition) is 2. The van der Waals surface area contributed by atoms with Crippen molar-refractivity contribution < 1.29 is 32.9 Å². The molecule has 0 fully saturated rings. The molecule has 2 N–H and O–H groups in total. The number of carbonyl (C=O) groups excluding carboxylic acids is 1. The summed E-state index contributed by atoms with van der Waals surface area (Å²) in [5.74, 6) is -0.205. The Bertz CT molecular complexity index is 1470. The third-order valence-corrected chi connectivity index (χ3v) is 16.4. The van der Waals surface area contributed by atoms with Gasteiger partial charge in [-0.25, -0.2) is 0 Å². The van der Waals surface area contributed by atoms with E-state index in [1.54, 1.807) is 6.08 Å². The zero-order chi connectivity index (χ0) is 57.7. The van der Waals surface area contributed by atoms with Crippen molar-refractivity contribution in [2.24, 2.45) is 0 Å². The molecule has 0 aliphatic rings. The zero-order valence-corrected chi connectivity index (χ0v) is 54.0. The highest BCUT2D eigenvalue weighted by atomic mass is 31.2. The Morgan fingerprint density at radius 3 is 1.11 bits per heavy atom. The van der Waals surface area contributed by atoms with E-state index >= 15 is 0 Å². The zero-order valence-electron chi connectivity index (χ0n) is 53.1. The highest BCUT2D eigenvalue weighted by molar-refractivity contribution is 7.45. The maximum Gasteiger partial charge on any atom is 0.268 e. The number of quaternary nitrogens is 1. The number of phosphoric acid groups is 1. The Morgan fingerprint density at radius 2 is 0.747 bits per heavy atom. The lowest BCUT2D eigenvalue weighted by Gasteiger charge is -2.29. The largest absolute Gasteiger partial charge is 0.756 e. The summed E-state index contributed by atoms with van der Waals surface area (Å²) in [7, 11) is 1.25. The van der Waals surface area contributed by atoms with Gasteiger partial charge in [0, 0.05) is 6.42 Å². The van der Waals surface area contributed by atoms with E-state index in [-0.39, 0.29) is 12.5 Å². The average Bonchev–Trinajstić information content (AvgIpc) is 3.42. The molecule has 0 radical (unpaired) electrons. The van der Waals surface area contributed by atoms with Crippen molar-refractivity contribution >= 4 is 13.7 Å². The molecule has 8 nitrogen and oxygen atoms in total. The molecule has 0 aliphatic carbocycles. The summed E-state index contributed by atoms with van der Waals surface area (Å²) in [6.45, 7) is 4.66. The molecule has 0 bridgehead atoms. The lowest BCUT2D eigenvalue weighted by atomic mass is 10.0. The fraction of sp³-hybridized carbons (Fsp3) is 0.843. The number of carbonyl (C=O) groups is 1. The van der Waals surface area contributed by atoms with Gasteiger partial charge in [0.2, 0.25) is 5.91 Å². The van der Waals surface area contributed by atoms with Gasteiger partial charge >= 0.3 is 0 Å². The number of phosphoric ester groups is 1. The molecule has 0 aromatic rings. The van der Waals surface area contributed by atoms with E-state index in [0.29, 0.717) is 17.4 Å². The molecule has 3 unspecified atom stereocenters. The Kier molecular flexibility index (Phi) is 59.4. The number of allylic oxidation sites excluding steroid dienone is 9. The molecule has 0 heterocycles. The predicted octanol–water partition coefficient (Wildman–Crippen LogP) is 21.0. The summed E-state index contributed by atoms with van der Waals surface area (Å²) in [5.41, 5.74) is 0. The van der Waals surface area contributed by atoms with Crippen molar-refractivity contribution in [1.82, 2.24) is 5.32 Å². The highest BCUT2D eigenvalue weighted by Crippen LogP contribution is 2.38. The lowest BCUT2D eigenvalue weighted by molar-refractivity contribution is -0.870. The average molecular weight is 1130 g/mol. The molecule has 0 aliphatic heterocycles. The molecule has 3 atom stereocenters. The number of hydrogen-bond acceptors (Lipinski definition) is 6. The lowest BCUT2D eigenvalue weighted by Crippen LogP contribution is -2.45. The SMILES string of the molecule is CCCCCCC/C=C\C/C=C\C/C=C\CCCCCCCCCCCCCCCCC(=O)NC(COP(=O)([O-])OCC[N+](C)(C)C)C(O)/C=C/CC/C=C/CCCCCCCCCCCCCCCCCCCCCCCC. The molecule has 0 aromatic carbocycles. The van der Waals surface area contributed by atoms with Crippen LogP contribution in [0.2, 0.25) is 0 Å². The van der Waals surface area contributed by atoms with Crippen molar-refractivity contribution in [2.75, 3.05) is 40.9 Å². The molecule has 0 rings (SSSR count). The van der Waals surface area contributed by atoms with Crippen LogP contribution >= 0.6 is 7.82 Å². The third-order valence-electron chi connectivity index (χ3n) is 15.4. The second kappa shape index (κ2) is 60.8. The van der Waals surface area contributed by atoms with Crippen molar-refractivity contribution in [3.8, 4) is 0 Å². The molecular formula is C70H133N2O6P. The second-order valence-electron chi connectivity index (χ2n) is 24.5. The van der Waals surface area contributed by atoms with Crippen molar-refractivity contribution in [1.29, 1.82) is 0 Å². The molecule has 1 amide bonds. The Morgan fingerprint density at radius 1 is 0.443 bits per heavy atom. The minimum absolute atomic E-state index is 0.00718. The highest BCUT2D eigenvalue weighted by Gasteiger charge is 2.23. The molecular weight excluding hydrogens is 996 g/mol. The molecule has 0 saturated carbocycles. The summed E-state index contributed by atoms with van der Waals surface area (Å²) in [4.78, 5) is 25.6. The van der Waals surface area contributed by atoms with Crippen LogP contribution in [-0.4, -0.2) is 68.5 Å². The number of nitrogens with one attached hydrogen (secondary N) is 1. The van der Waals surface area contributed by atoms with Crippen LogP contribution in [0.3, 0.4) is 0 Å². The van der Waals surface area contributed by atoms with Crippen LogP contribution in [0.25, 0.3) is 0 Å². The fourth-order valence-electron chi connectivity index (χ4n) is 10.1. The fourth-order valence-corrected chi connectivity index (χ4v) is 10.8. The molecule has 464 valence electrons. The van der Waals surface area contributed by atoms with Gasteiger partial charge in [-0.1, -0.05) is 312 Å². The van der Waals surface area contributed by atoms with Crippen molar-refractivity contribution in [3.63, 3.8) is 0 Å². The molecule has 0 spiro atoms. The number of aliphatic hydroxyl groups excluding tert-OH is 1. The van der Waals surface area contributed by atoms with E-state index in [1.807, 2.05) is 27.2 Å². The van der Waals surface area contributed by atoms with Crippen LogP contribution in [0.15, 0.2) is 60.8 Å². The molecule has 79 heavy (non-hydrogen) atoms. The summed E-state index contributed by atoms with van der Waals surface area (Å²) in [6.07, 6.45) is 83.4. The van der Waals surface area contributed by atoms with Gasteiger partial charge in [0.05, 0.1) is 39.9 Å². The summed E-state index contributed by atoms with van der Waals surface area (Å²) < 4.78 is 23.4. The van der Waals surface area contributed by atoms with Crippen LogP contribution < -0.4 is 10.2 Å². The predicted molar refractivity (Wildman–Crippen MR) is 344 cm³/mol. The Hall–Kier alpha value is -1.80. The Balaban J connectivity index is 4.13. The van der Waals surface area contributed by atoms with E-state index in [4.69, 9.17) is 9.05 Å². The van der Waals surface area contributed by atoms with Gasteiger partial charge in [0.25, 0.3) is 7.82 Å². The van der Waals surface area contributed by atoms with Gasteiger partial charge in [-0.05, 0) is 70.6 Å². The van der Waals surface area contributed by atoms with Crippen molar-refractivity contribution in [2.45, 2.75) is 341 Å². The number of unbranched alkanes of at least 4 members (excludes halogenated alkanes) is 42. The normalized spacial score (nSPS) is 14.1. The van der Waals surface area contributed by atoms with Gasteiger partial charge in [-0.3, -0.25) is 9.36 Å². The minimum Gasteiger partial charge on any atom is -0.756 e. The standard InChI is InChI=1S/C70H133N2O6P/c1-6-8-10-12-14-16-18-20-22-24-26-28-30-32-34-36-38-40-42-44-46-48-50-52-54-56-58-60-62-64-70(74)71-68(67-78-79(75,76)77-66-65-72(3,4)5)69(73)63-61-59-57-55-53-51-49-47-45-43-41-39-37-35-33-31-29-27-25-23-21-19-17-15-13-11-9-7-2/h18,20,24,26,30,32,53,55,61,63,68-69,73H,6-17,19,21-23,25,27-29,31,33-52,54,56-60,62,64-67H2,1-5H3,(H-,71,74,75,76)/b20-18-,26-24-,32-30-,55-53+,63-61+. The third kappa shape index (κ3) is 63.6. The van der Waals surface area contributed by atoms with Crippen LogP contribution in [0.4, 0.5) is 0 Å². The van der Waals surface area contributed by atoms with Gasteiger partial charge in [0.15, 0.2) is 0 Å². The maximum atomic E-state index is 13.0. The number of aliphatic hydroxyl groups is 1. The smallest absolute Gasteiger partial charge is 0.268 e. The van der Waals surface area contributed by atoms with Gasteiger partial charge in [0.1, 0.15) is 13.2 Å². The van der Waals surface area contributed by atoms with Gasteiger partial charge in [-0.2, -0.15) is 0 Å². The number of nitrogens with zero attached hydrogens (tertiary/aromatic N) is 1. The van der Waals surface area contributed by atoms with E-state index < -0.39 is 26.6 Å². The van der Waals surface area contributed by atoms with Crippen LogP contribution in [0.5, 0.6) is 0 Å². The van der Waals surface area contributed by atoms with E-state index in [1.165, 1.54) is 257 Å². The van der Waals surface area contributed by atoms with Crippen LogP contribution in [-0.2, 0) is 18.4 Å².